The van der Waals surface area contributed by atoms with Crippen molar-refractivity contribution in [3.8, 4) is 0 Å². The fourth-order valence-electron chi connectivity index (χ4n) is 2.04. The SMILES string of the molecule is CCCC(C)N(C)C(=O)c1ccc([N+](=O)[O-])c(NC)c1. The second-order valence-electron chi connectivity index (χ2n) is 4.79. The summed E-state index contributed by atoms with van der Waals surface area (Å²) in [6, 6.07) is 4.52. The van der Waals surface area contributed by atoms with Gasteiger partial charge in [0.25, 0.3) is 11.6 Å². The van der Waals surface area contributed by atoms with Crippen molar-refractivity contribution >= 4 is 17.3 Å². The molecule has 0 saturated heterocycles. The lowest BCUT2D eigenvalue weighted by molar-refractivity contribution is -0.383. The fraction of sp³-hybridized carbons (Fsp3) is 0.500. The smallest absolute Gasteiger partial charge is 0.292 e. The van der Waals surface area contributed by atoms with Gasteiger partial charge in [0.1, 0.15) is 5.69 Å². The van der Waals surface area contributed by atoms with Crippen LogP contribution in [0.15, 0.2) is 18.2 Å². The minimum absolute atomic E-state index is 0.0340. The van der Waals surface area contributed by atoms with Crippen LogP contribution in [0.25, 0.3) is 0 Å². The summed E-state index contributed by atoms with van der Waals surface area (Å²) in [5.41, 5.74) is 0.760. The van der Waals surface area contributed by atoms with Crippen LogP contribution in [-0.2, 0) is 0 Å². The Hall–Kier alpha value is -2.11. The standard InChI is InChI=1S/C14H21N3O3/c1-5-6-10(2)16(4)14(18)11-7-8-13(17(19)20)12(9-11)15-3/h7-10,15H,5-6H2,1-4H3. The maximum atomic E-state index is 12.3. The van der Waals surface area contributed by atoms with Gasteiger partial charge in [-0.15, -0.1) is 0 Å². The number of anilines is 1. The molecule has 1 aromatic carbocycles. The average molecular weight is 279 g/mol. The Balaban J connectivity index is 3.02. The zero-order chi connectivity index (χ0) is 15.3. The fourth-order valence-corrected chi connectivity index (χ4v) is 2.04. The zero-order valence-electron chi connectivity index (χ0n) is 12.3. The van der Waals surface area contributed by atoms with E-state index in [9.17, 15) is 14.9 Å². The first-order chi connectivity index (χ1) is 9.42. The first-order valence-electron chi connectivity index (χ1n) is 6.65. The molecule has 1 unspecified atom stereocenters. The van der Waals surface area contributed by atoms with Gasteiger partial charge in [0.05, 0.1) is 4.92 Å². The summed E-state index contributed by atoms with van der Waals surface area (Å²) >= 11 is 0. The maximum absolute atomic E-state index is 12.3. The molecule has 1 amide bonds. The van der Waals surface area contributed by atoms with Crippen LogP contribution in [-0.4, -0.2) is 35.9 Å². The van der Waals surface area contributed by atoms with Crippen molar-refractivity contribution in [2.45, 2.75) is 32.7 Å². The lowest BCUT2D eigenvalue weighted by atomic mass is 10.1. The largest absolute Gasteiger partial charge is 0.383 e. The molecule has 1 atom stereocenters. The van der Waals surface area contributed by atoms with E-state index >= 15 is 0 Å². The van der Waals surface area contributed by atoms with Crippen LogP contribution in [0.5, 0.6) is 0 Å². The number of hydrogen-bond acceptors (Lipinski definition) is 4. The summed E-state index contributed by atoms with van der Waals surface area (Å²) in [7, 11) is 3.35. The number of carbonyl (C=O) groups excluding carboxylic acids is 1. The highest BCUT2D eigenvalue weighted by atomic mass is 16.6. The molecular formula is C14H21N3O3. The van der Waals surface area contributed by atoms with E-state index in [-0.39, 0.29) is 17.6 Å². The van der Waals surface area contributed by atoms with Gasteiger partial charge in [-0.1, -0.05) is 13.3 Å². The number of carbonyl (C=O) groups is 1. The van der Waals surface area contributed by atoms with Crippen molar-refractivity contribution < 1.29 is 9.72 Å². The van der Waals surface area contributed by atoms with Gasteiger partial charge in [0, 0.05) is 31.8 Å². The van der Waals surface area contributed by atoms with Crippen LogP contribution in [0.3, 0.4) is 0 Å². The monoisotopic (exact) mass is 279 g/mol. The molecule has 0 aliphatic carbocycles. The molecule has 0 radical (unpaired) electrons. The molecule has 0 bridgehead atoms. The molecule has 1 N–H and O–H groups in total. The summed E-state index contributed by atoms with van der Waals surface area (Å²) in [5, 5.41) is 13.6. The van der Waals surface area contributed by atoms with Gasteiger partial charge in [0.2, 0.25) is 0 Å². The predicted molar refractivity (Wildman–Crippen MR) is 79.1 cm³/mol. The van der Waals surface area contributed by atoms with E-state index in [2.05, 4.69) is 12.2 Å². The molecule has 0 spiro atoms. The van der Waals surface area contributed by atoms with E-state index in [0.717, 1.165) is 12.8 Å². The van der Waals surface area contributed by atoms with Crippen molar-refractivity contribution in [2.75, 3.05) is 19.4 Å². The summed E-state index contributed by atoms with van der Waals surface area (Å²) in [5.74, 6) is -0.127. The normalized spacial score (nSPS) is 11.8. The van der Waals surface area contributed by atoms with Gasteiger partial charge in [-0.05, 0) is 25.5 Å². The first-order valence-corrected chi connectivity index (χ1v) is 6.65. The molecule has 0 aromatic heterocycles. The number of amides is 1. The van der Waals surface area contributed by atoms with E-state index in [1.165, 1.54) is 18.2 Å². The number of benzene rings is 1. The molecule has 1 rings (SSSR count). The van der Waals surface area contributed by atoms with Gasteiger partial charge in [0.15, 0.2) is 0 Å². The molecule has 1 aromatic rings. The Kier molecular flexibility index (Phi) is 5.49. The summed E-state index contributed by atoms with van der Waals surface area (Å²) < 4.78 is 0. The molecule has 0 saturated carbocycles. The second kappa shape index (κ2) is 6.88. The van der Waals surface area contributed by atoms with Crippen molar-refractivity contribution in [3.63, 3.8) is 0 Å². The van der Waals surface area contributed by atoms with E-state index in [1.54, 1.807) is 19.0 Å². The molecule has 20 heavy (non-hydrogen) atoms. The minimum Gasteiger partial charge on any atom is -0.383 e. The van der Waals surface area contributed by atoms with Gasteiger partial charge in [-0.25, -0.2) is 0 Å². The number of hydrogen-bond donors (Lipinski definition) is 1. The highest BCUT2D eigenvalue weighted by Gasteiger charge is 2.20. The Bertz CT molecular complexity index is 502. The highest BCUT2D eigenvalue weighted by molar-refractivity contribution is 5.96. The van der Waals surface area contributed by atoms with Crippen molar-refractivity contribution in [3.05, 3.63) is 33.9 Å². The molecule has 0 heterocycles. The zero-order valence-corrected chi connectivity index (χ0v) is 12.3. The van der Waals surface area contributed by atoms with E-state index in [1.807, 2.05) is 6.92 Å². The van der Waals surface area contributed by atoms with Gasteiger partial charge < -0.3 is 10.2 Å². The topological polar surface area (TPSA) is 75.5 Å². The Labute approximate surface area is 118 Å². The molecule has 0 aliphatic heterocycles. The third kappa shape index (κ3) is 3.46. The lowest BCUT2D eigenvalue weighted by Gasteiger charge is -2.24. The molecular weight excluding hydrogens is 258 g/mol. The second-order valence-corrected chi connectivity index (χ2v) is 4.79. The van der Waals surface area contributed by atoms with Gasteiger partial charge >= 0.3 is 0 Å². The number of nitro benzene ring substituents is 1. The van der Waals surface area contributed by atoms with Gasteiger partial charge in [-0.2, -0.15) is 0 Å². The van der Waals surface area contributed by atoms with Crippen LogP contribution < -0.4 is 5.32 Å². The molecule has 6 heteroatoms. The minimum atomic E-state index is -0.469. The Morgan fingerprint density at radius 2 is 2.15 bits per heavy atom. The number of nitrogens with zero attached hydrogens (tertiary/aromatic N) is 2. The quantitative estimate of drug-likeness (QED) is 0.641. The summed E-state index contributed by atoms with van der Waals surface area (Å²) in [6.45, 7) is 4.06. The molecule has 110 valence electrons. The number of nitrogens with one attached hydrogen (secondary N) is 1. The average Bonchev–Trinajstić information content (AvgIpc) is 2.44. The number of nitro groups is 1. The predicted octanol–water partition coefficient (Wildman–Crippen LogP) is 2.90. The lowest BCUT2D eigenvalue weighted by Crippen LogP contribution is -2.35. The summed E-state index contributed by atoms with van der Waals surface area (Å²) in [4.78, 5) is 24.4. The third-order valence-corrected chi connectivity index (χ3v) is 3.40. The number of rotatable bonds is 6. The van der Waals surface area contributed by atoms with E-state index in [4.69, 9.17) is 0 Å². The molecule has 0 aliphatic rings. The van der Waals surface area contributed by atoms with Crippen LogP contribution in [0.2, 0.25) is 0 Å². The van der Waals surface area contributed by atoms with Crippen LogP contribution >= 0.6 is 0 Å². The van der Waals surface area contributed by atoms with Crippen LogP contribution in [0.4, 0.5) is 11.4 Å². The summed E-state index contributed by atoms with van der Waals surface area (Å²) in [6.07, 6.45) is 1.93. The highest BCUT2D eigenvalue weighted by Crippen LogP contribution is 2.25. The van der Waals surface area contributed by atoms with Crippen molar-refractivity contribution in [2.24, 2.45) is 0 Å². The first kappa shape index (κ1) is 15.9. The van der Waals surface area contributed by atoms with Gasteiger partial charge in [-0.3, -0.25) is 14.9 Å². The Morgan fingerprint density at radius 1 is 1.50 bits per heavy atom. The van der Waals surface area contributed by atoms with Crippen molar-refractivity contribution in [1.29, 1.82) is 0 Å². The van der Waals surface area contributed by atoms with E-state index < -0.39 is 4.92 Å². The molecule has 6 nitrogen and oxygen atoms in total. The maximum Gasteiger partial charge on any atom is 0.292 e. The Morgan fingerprint density at radius 3 is 2.65 bits per heavy atom. The van der Waals surface area contributed by atoms with Crippen molar-refractivity contribution in [1.82, 2.24) is 4.90 Å². The van der Waals surface area contributed by atoms with Crippen LogP contribution in [0, 0.1) is 10.1 Å². The van der Waals surface area contributed by atoms with Crippen LogP contribution in [0.1, 0.15) is 37.0 Å². The van der Waals surface area contributed by atoms with E-state index in [0.29, 0.717) is 11.3 Å². The third-order valence-electron chi connectivity index (χ3n) is 3.40. The molecule has 0 fully saturated rings.